The maximum atomic E-state index is 12.3. The van der Waals surface area contributed by atoms with Crippen LogP contribution in [-0.4, -0.2) is 24.1 Å². The summed E-state index contributed by atoms with van der Waals surface area (Å²) in [6.07, 6.45) is 0. The molecule has 0 spiro atoms. The van der Waals surface area contributed by atoms with E-state index in [9.17, 15) is 9.59 Å². The van der Waals surface area contributed by atoms with Gasteiger partial charge in [0.25, 0.3) is 11.5 Å². The topological polar surface area (TPSA) is 86.3 Å². The van der Waals surface area contributed by atoms with Crippen LogP contribution >= 0.6 is 0 Å². The van der Waals surface area contributed by atoms with E-state index in [4.69, 9.17) is 10.5 Å². The molecule has 0 unspecified atom stereocenters. The lowest BCUT2D eigenvalue weighted by Gasteiger charge is -2.12. The van der Waals surface area contributed by atoms with Crippen molar-refractivity contribution >= 4 is 22.5 Å². The molecule has 0 atom stereocenters. The van der Waals surface area contributed by atoms with E-state index in [0.717, 1.165) is 10.9 Å². The molecule has 106 valence electrons. The summed E-state index contributed by atoms with van der Waals surface area (Å²) < 4.78 is 6.88. The van der Waals surface area contributed by atoms with Gasteiger partial charge in [0.1, 0.15) is 0 Å². The number of ether oxygens (including phenoxy) is 1. The van der Waals surface area contributed by atoms with Gasteiger partial charge in [-0.3, -0.25) is 9.59 Å². The number of nitrogen functional groups attached to an aromatic ring is 1. The average Bonchev–Trinajstić information content (AvgIpc) is 2.45. The summed E-state index contributed by atoms with van der Waals surface area (Å²) in [6, 6.07) is 6.94. The molecule has 2 aromatic rings. The second-order valence-electron chi connectivity index (χ2n) is 4.34. The number of aromatic nitrogens is 1. The number of rotatable bonds is 4. The van der Waals surface area contributed by atoms with Crippen molar-refractivity contribution < 1.29 is 9.53 Å². The first-order chi connectivity index (χ1) is 9.56. The van der Waals surface area contributed by atoms with Crippen LogP contribution in [0, 0.1) is 0 Å². The fraction of sp³-hybridized carbons (Fsp3) is 0.286. The molecule has 0 saturated carbocycles. The van der Waals surface area contributed by atoms with E-state index in [1.807, 2.05) is 6.92 Å². The Balaban J connectivity index is 2.52. The van der Waals surface area contributed by atoms with Crippen LogP contribution in [0.15, 0.2) is 29.1 Å². The number of aryl methyl sites for hydroxylation is 1. The molecule has 0 radical (unpaired) electrons. The van der Waals surface area contributed by atoms with Crippen molar-refractivity contribution in [2.24, 2.45) is 0 Å². The van der Waals surface area contributed by atoms with Crippen LogP contribution < -0.4 is 21.3 Å². The summed E-state index contributed by atoms with van der Waals surface area (Å²) in [5.74, 6) is -0.145. The molecule has 0 fully saturated rings. The molecule has 1 aromatic carbocycles. The molecule has 1 amide bonds. The highest BCUT2D eigenvalue weighted by Crippen LogP contribution is 2.20. The summed E-state index contributed by atoms with van der Waals surface area (Å²) in [5.41, 5.74) is 6.90. The van der Waals surface area contributed by atoms with E-state index >= 15 is 0 Å². The van der Waals surface area contributed by atoms with Crippen LogP contribution in [0.5, 0.6) is 5.75 Å². The Morgan fingerprint density at radius 3 is 2.80 bits per heavy atom. The third-order valence-electron chi connectivity index (χ3n) is 3.04. The minimum absolute atomic E-state index is 0.147. The molecule has 0 aliphatic rings. The van der Waals surface area contributed by atoms with Crippen molar-refractivity contribution in [3.8, 4) is 5.75 Å². The quantitative estimate of drug-likeness (QED) is 0.805. The number of nitrogens with zero attached hydrogens (tertiary/aromatic N) is 1. The van der Waals surface area contributed by atoms with Gasteiger partial charge in [0.2, 0.25) is 0 Å². The molecule has 3 N–H and O–H groups in total. The minimum atomic E-state index is -0.292. The van der Waals surface area contributed by atoms with Crippen LogP contribution in [0.25, 0.3) is 10.9 Å². The van der Waals surface area contributed by atoms with Gasteiger partial charge in [-0.25, -0.2) is 0 Å². The number of likely N-dealkylation sites (N-methyl/N-ethyl adjacent to an activating group) is 1. The first kappa shape index (κ1) is 13.9. The molecule has 0 bridgehead atoms. The van der Waals surface area contributed by atoms with Gasteiger partial charge < -0.3 is 20.4 Å². The molecule has 20 heavy (non-hydrogen) atoms. The number of hydrogen-bond acceptors (Lipinski definition) is 4. The van der Waals surface area contributed by atoms with Gasteiger partial charge in [-0.15, -0.1) is 0 Å². The second kappa shape index (κ2) is 5.64. The number of benzene rings is 1. The monoisotopic (exact) mass is 275 g/mol. The number of nitrogens with one attached hydrogen (secondary N) is 1. The SMILES string of the molecule is CCn1c(=O)c(OCC(=O)NC)cc2cc(N)ccc21. The Morgan fingerprint density at radius 1 is 1.40 bits per heavy atom. The van der Waals surface area contributed by atoms with Gasteiger partial charge in [-0.2, -0.15) is 0 Å². The summed E-state index contributed by atoms with van der Waals surface area (Å²) in [6.45, 7) is 2.19. The predicted molar refractivity (Wildman–Crippen MR) is 77.9 cm³/mol. The van der Waals surface area contributed by atoms with Crippen molar-refractivity contribution in [1.82, 2.24) is 9.88 Å². The zero-order valence-corrected chi connectivity index (χ0v) is 11.5. The number of hydrogen-bond donors (Lipinski definition) is 2. The molecular weight excluding hydrogens is 258 g/mol. The first-order valence-corrected chi connectivity index (χ1v) is 6.33. The van der Waals surface area contributed by atoms with Crippen molar-refractivity contribution in [3.63, 3.8) is 0 Å². The molecule has 0 aliphatic heterocycles. The average molecular weight is 275 g/mol. The van der Waals surface area contributed by atoms with Gasteiger partial charge in [0.15, 0.2) is 12.4 Å². The Morgan fingerprint density at radius 2 is 2.15 bits per heavy atom. The minimum Gasteiger partial charge on any atom is -0.478 e. The van der Waals surface area contributed by atoms with Gasteiger partial charge >= 0.3 is 0 Å². The third kappa shape index (κ3) is 2.59. The Labute approximate surface area is 116 Å². The number of fused-ring (bicyclic) bond motifs is 1. The largest absolute Gasteiger partial charge is 0.478 e. The van der Waals surface area contributed by atoms with E-state index in [2.05, 4.69) is 5.32 Å². The molecule has 1 heterocycles. The highest BCUT2D eigenvalue weighted by Gasteiger charge is 2.10. The molecule has 0 aliphatic carbocycles. The Bertz CT molecular complexity index is 707. The van der Waals surface area contributed by atoms with Gasteiger partial charge in [0.05, 0.1) is 5.52 Å². The normalized spacial score (nSPS) is 10.5. The van der Waals surface area contributed by atoms with Crippen LogP contribution in [-0.2, 0) is 11.3 Å². The summed E-state index contributed by atoms with van der Waals surface area (Å²) in [7, 11) is 1.51. The Kier molecular flexibility index (Phi) is 3.93. The molecule has 2 rings (SSSR count). The summed E-state index contributed by atoms with van der Waals surface area (Å²) in [4.78, 5) is 23.5. The maximum absolute atomic E-state index is 12.3. The number of carbonyl (C=O) groups is 1. The second-order valence-corrected chi connectivity index (χ2v) is 4.34. The van der Waals surface area contributed by atoms with Crippen molar-refractivity contribution in [3.05, 3.63) is 34.6 Å². The lowest BCUT2D eigenvalue weighted by molar-refractivity contribution is -0.122. The van der Waals surface area contributed by atoms with E-state index in [-0.39, 0.29) is 23.8 Å². The Hall–Kier alpha value is -2.50. The van der Waals surface area contributed by atoms with Crippen LogP contribution in [0.2, 0.25) is 0 Å². The number of amides is 1. The lowest BCUT2D eigenvalue weighted by Crippen LogP contribution is -2.28. The fourth-order valence-electron chi connectivity index (χ4n) is 2.01. The van der Waals surface area contributed by atoms with Gasteiger partial charge in [-0.05, 0) is 31.2 Å². The van der Waals surface area contributed by atoms with Crippen LogP contribution in [0.4, 0.5) is 5.69 Å². The first-order valence-electron chi connectivity index (χ1n) is 6.33. The zero-order chi connectivity index (χ0) is 14.7. The van der Waals surface area contributed by atoms with Crippen LogP contribution in [0.1, 0.15) is 6.92 Å². The van der Waals surface area contributed by atoms with Crippen molar-refractivity contribution in [1.29, 1.82) is 0 Å². The van der Waals surface area contributed by atoms with E-state index in [0.29, 0.717) is 12.2 Å². The molecule has 6 heteroatoms. The maximum Gasteiger partial charge on any atom is 0.293 e. The van der Waals surface area contributed by atoms with E-state index < -0.39 is 0 Å². The molecule has 6 nitrogen and oxygen atoms in total. The van der Waals surface area contributed by atoms with E-state index in [1.54, 1.807) is 28.8 Å². The van der Waals surface area contributed by atoms with Gasteiger partial charge in [0, 0.05) is 24.7 Å². The van der Waals surface area contributed by atoms with E-state index in [1.165, 1.54) is 7.05 Å². The zero-order valence-electron chi connectivity index (χ0n) is 11.5. The highest BCUT2D eigenvalue weighted by atomic mass is 16.5. The molecule has 1 aromatic heterocycles. The van der Waals surface area contributed by atoms with Gasteiger partial charge in [-0.1, -0.05) is 0 Å². The lowest BCUT2D eigenvalue weighted by atomic mass is 10.2. The smallest absolute Gasteiger partial charge is 0.293 e. The number of nitrogens with two attached hydrogens (primary N) is 1. The number of anilines is 1. The highest BCUT2D eigenvalue weighted by molar-refractivity contribution is 5.83. The number of carbonyl (C=O) groups excluding carboxylic acids is 1. The summed E-state index contributed by atoms with van der Waals surface area (Å²) >= 11 is 0. The predicted octanol–water partition coefficient (Wildman–Crippen LogP) is 0.728. The van der Waals surface area contributed by atoms with Crippen LogP contribution in [0.3, 0.4) is 0 Å². The molecule has 0 saturated heterocycles. The third-order valence-corrected chi connectivity index (χ3v) is 3.04. The summed E-state index contributed by atoms with van der Waals surface area (Å²) in [5, 5.41) is 3.24. The standard InChI is InChI=1S/C14H17N3O3/c1-3-17-11-5-4-10(15)6-9(11)7-12(14(17)19)20-8-13(18)16-2/h4-7H,3,8,15H2,1-2H3,(H,16,18). The van der Waals surface area contributed by atoms with Crippen molar-refractivity contribution in [2.45, 2.75) is 13.5 Å². The fourth-order valence-corrected chi connectivity index (χ4v) is 2.01. The molecular formula is C14H17N3O3. The van der Waals surface area contributed by atoms with Crippen molar-refractivity contribution in [2.75, 3.05) is 19.4 Å². The number of pyridine rings is 1.